The first kappa shape index (κ1) is 14.5. The van der Waals surface area contributed by atoms with E-state index in [-0.39, 0.29) is 5.12 Å². The van der Waals surface area contributed by atoms with E-state index in [1.54, 1.807) is 18.2 Å². The van der Waals surface area contributed by atoms with E-state index in [4.69, 9.17) is 5.11 Å². The molecule has 1 N–H and O–H groups in total. The zero-order valence-corrected chi connectivity index (χ0v) is 11.3. The fourth-order valence-corrected chi connectivity index (χ4v) is 2.02. The van der Waals surface area contributed by atoms with E-state index in [0.717, 1.165) is 17.7 Å². The Morgan fingerprint density at radius 3 is 2.72 bits per heavy atom. The zero-order valence-electron chi connectivity index (χ0n) is 10.5. The van der Waals surface area contributed by atoms with Gasteiger partial charge in [-0.05, 0) is 25.0 Å². The van der Waals surface area contributed by atoms with E-state index < -0.39 is 5.97 Å². The molecular weight excluding hydrogens is 248 g/mol. The van der Waals surface area contributed by atoms with Crippen molar-refractivity contribution in [2.45, 2.75) is 20.3 Å². The summed E-state index contributed by atoms with van der Waals surface area (Å²) in [5, 5.41) is 9.18. The maximum atomic E-state index is 11.1. The molecule has 0 amide bonds. The summed E-state index contributed by atoms with van der Waals surface area (Å²) in [6.07, 6.45) is 4.44. The molecule has 1 aromatic rings. The van der Waals surface area contributed by atoms with Gasteiger partial charge >= 0.3 is 5.97 Å². The van der Waals surface area contributed by atoms with Crippen molar-refractivity contribution >= 4 is 28.9 Å². The number of allylic oxidation sites excluding steroid dienone is 1. The van der Waals surface area contributed by atoms with Crippen LogP contribution in [0.25, 0.3) is 6.08 Å². The summed E-state index contributed by atoms with van der Waals surface area (Å²) < 4.78 is 0. The summed E-state index contributed by atoms with van der Waals surface area (Å²) >= 11 is 1.27. The van der Waals surface area contributed by atoms with E-state index in [0.29, 0.717) is 11.1 Å². The standard InChI is InChI=1S/C14H16O3S/c1-10-6-7-12(13(9-10)14(16)17)5-3-4-8-18-11(2)15/h3,5-7,9H,4,8H2,1-2H3,(H,16,17). The minimum absolute atomic E-state index is 0.102. The van der Waals surface area contributed by atoms with Gasteiger partial charge in [-0.25, -0.2) is 4.79 Å². The lowest BCUT2D eigenvalue weighted by atomic mass is 10.0. The molecule has 0 aliphatic carbocycles. The van der Waals surface area contributed by atoms with Gasteiger partial charge in [0.1, 0.15) is 0 Å². The van der Waals surface area contributed by atoms with Crippen LogP contribution in [-0.2, 0) is 4.79 Å². The number of carboxylic acids is 1. The van der Waals surface area contributed by atoms with Gasteiger partial charge in [-0.15, -0.1) is 0 Å². The molecular formula is C14H16O3S. The van der Waals surface area contributed by atoms with Crippen LogP contribution in [0.1, 0.15) is 34.8 Å². The van der Waals surface area contributed by atoms with Crippen LogP contribution in [0.2, 0.25) is 0 Å². The number of carbonyl (C=O) groups is 2. The molecule has 0 radical (unpaired) electrons. The van der Waals surface area contributed by atoms with Crippen molar-refractivity contribution in [3.63, 3.8) is 0 Å². The summed E-state index contributed by atoms with van der Waals surface area (Å²) in [4.78, 5) is 21.8. The molecule has 0 heterocycles. The first-order valence-corrected chi connectivity index (χ1v) is 6.63. The van der Waals surface area contributed by atoms with Crippen LogP contribution >= 0.6 is 11.8 Å². The van der Waals surface area contributed by atoms with Crippen molar-refractivity contribution in [1.29, 1.82) is 0 Å². The Bertz CT molecular complexity index is 478. The van der Waals surface area contributed by atoms with Gasteiger partial charge in [0.2, 0.25) is 0 Å². The first-order chi connectivity index (χ1) is 8.50. The number of thioether (sulfide) groups is 1. The highest BCUT2D eigenvalue weighted by atomic mass is 32.2. The lowest BCUT2D eigenvalue weighted by Gasteiger charge is -2.02. The van der Waals surface area contributed by atoms with E-state index >= 15 is 0 Å². The molecule has 1 aromatic carbocycles. The van der Waals surface area contributed by atoms with Crippen molar-refractivity contribution in [2.24, 2.45) is 0 Å². The first-order valence-electron chi connectivity index (χ1n) is 5.64. The number of carbonyl (C=O) groups excluding carboxylic acids is 1. The van der Waals surface area contributed by atoms with Gasteiger partial charge in [-0.1, -0.05) is 41.6 Å². The summed E-state index contributed by atoms with van der Waals surface area (Å²) in [6.45, 7) is 3.40. The molecule has 4 heteroatoms. The Hall–Kier alpha value is -1.55. The highest BCUT2D eigenvalue weighted by molar-refractivity contribution is 8.13. The highest BCUT2D eigenvalue weighted by Gasteiger charge is 2.07. The number of rotatable bonds is 5. The lowest BCUT2D eigenvalue weighted by molar-refractivity contribution is -0.109. The van der Waals surface area contributed by atoms with E-state index in [1.807, 2.05) is 19.1 Å². The fraction of sp³-hybridized carbons (Fsp3) is 0.286. The number of benzene rings is 1. The molecule has 0 aromatic heterocycles. The molecule has 3 nitrogen and oxygen atoms in total. The van der Waals surface area contributed by atoms with Gasteiger partial charge in [0.05, 0.1) is 5.56 Å². The Labute approximate surface area is 111 Å². The summed E-state index contributed by atoms with van der Waals surface area (Å²) in [6, 6.07) is 5.34. The largest absolute Gasteiger partial charge is 0.478 e. The second kappa shape index (κ2) is 7.01. The van der Waals surface area contributed by atoms with Gasteiger partial charge in [-0.3, -0.25) is 4.79 Å². The Morgan fingerprint density at radius 1 is 1.39 bits per heavy atom. The van der Waals surface area contributed by atoms with Crippen LogP contribution in [0, 0.1) is 6.92 Å². The third kappa shape index (κ3) is 4.75. The predicted molar refractivity (Wildman–Crippen MR) is 74.9 cm³/mol. The molecule has 0 atom stereocenters. The van der Waals surface area contributed by atoms with Crippen LogP contribution in [0.4, 0.5) is 0 Å². The zero-order chi connectivity index (χ0) is 13.5. The minimum Gasteiger partial charge on any atom is -0.478 e. The number of hydrogen-bond donors (Lipinski definition) is 1. The molecule has 0 saturated carbocycles. The van der Waals surface area contributed by atoms with E-state index in [9.17, 15) is 9.59 Å². The van der Waals surface area contributed by atoms with Crippen molar-refractivity contribution in [3.8, 4) is 0 Å². The van der Waals surface area contributed by atoms with Crippen LogP contribution in [0.5, 0.6) is 0 Å². The highest BCUT2D eigenvalue weighted by Crippen LogP contribution is 2.14. The van der Waals surface area contributed by atoms with Crippen LogP contribution in [-0.4, -0.2) is 21.9 Å². The molecule has 0 aliphatic heterocycles. The van der Waals surface area contributed by atoms with Crippen LogP contribution in [0.15, 0.2) is 24.3 Å². The molecule has 0 bridgehead atoms. The molecule has 0 unspecified atom stereocenters. The summed E-state index contributed by atoms with van der Waals surface area (Å²) in [5.41, 5.74) is 1.93. The molecule has 0 fully saturated rings. The minimum atomic E-state index is -0.920. The normalized spacial score (nSPS) is 10.8. The summed E-state index contributed by atoms with van der Waals surface area (Å²) in [7, 11) is 0. The van der Waals surface area contributed by atoms with Crippen LogP contribution in [0.3, 0.4) is 0 Å². The average molecular weight is 264 g/mol. The van der Waals surface area contributed by atoms with Crippen molar-refractivity contribution in [3.05, 3.63) is 41.0 Å². The Kier molecular flexibility index (Phi) is 5.65. The fourth-order valence-electron chi connectivity index (χ4n) is 1.48. The van der Waals surface area contributed by atoms with Crippen molar-refractivity contribution in [1.82, 2.24) is 0 Å². The second-order valence-corrected chi connectivity index (χ2v) is 5.20. The number of hydrogen-bond acceptors (Lipinski definition) is 3. The number of aromatic carboxylic acids is 1. The third-order valence-electron chi connectivity index (χ3n) is 2.33. The average Bonchev–Trinajstić information content (AvgIpc) is 2.29. The molecule has 0 saturated heterocycles. The molecule has 18 heavy (non-hydrogen) atoms. The quantitative estimate of drug-likeness (QED) is 0.828. The maximum absolute atomic E-state index is 11.1. The molecule has 1 rings (SSSR count). The van der Waals surface area contributed by atoms with Crippen molar-refractivity contribution < 1.29 is 14.7 Å². The molecule has 0 spiro atoms. The molecule has 96 valence electrons. The van der Waals surface area contributed by atoms with Gasteiger partial charge < -0.3 is 5.11 Å². The Balaban J connectivity index is 2.69. The van der Waals surface area contributed by atoms with Gasteiger partial charge in [0.15, 0.2) is 5.12 Å². The second-order valence-electron chi connectivity index (χ2n) is 3.93. The Morgan fingerprint density at radius 2 is 2.11 bits per heavy atom. The van der Waals surface area contributed by atoms with Crippen LogP contribution < -0.4 is 0 Å². The van der Waals surface area contributed by atoms with Gasteiger partial charge in [-0.2, -0.15) is 0 Å². The van der Waals surface area contributed by atoms with E-state index in [1.165, 1.54) is 18.7 Å². The topological polar surface area (TPSA) is 54.4 Å². The summed E-state index contributed by atoms with van der Waals surface area (Å²) in [5.74, 6) is -0.198. The smallest absolute Gasteiger partial charge is 0.336 e. The SMILES string of the molecule is CC(=O)SCCC=Cc1ccc(C)cc1C(=O)O. The maximum Gasteiger partial charge on any atom is 0.336 e. The van der Waals surface area contributed by atoms with Gasteiger partial charge in [0, 0.05) is 12.7 Å². The van der Waals surface area contributed by atoms with Gasteiger partial charge in [0.25, 0.3) is 0 Å². The van der Waals surface area contributed by atoms with Crippen molar-refractivity contribution in [2.75, 3.05) is 5.75 Å². The monoisotopic (exact) mass is 264 g/mol. The number of aryl methyl sites for hydroxylation is 1. The predicted octanol–water partition coefficient (Wildman–Crippen LogP) is 3.38. The third-order valence-corrected chi connectivity index (χ3v) is 3.17. The molecule has 0 aliphatic rings. The number of carboxylic acid groups (broad SMARTS) is 1. The lowest BCUT2D eigenvalue weighted by Crippen LogP contribution is -1.99. The van der Waals surface area contributed by atoms with E-state index in [2.05, 4.69) is 0 Å².